The monoisotopic (exact) mass is 507 g/mol. The highest BCUT2D eigenvalue weighted by Crippen LogP contribution is 2.44. The molecule has 3 aromatic carbocycles. The summed E-state index contributed by atoms with van der Waals surface area (Å²) in [5, 5.41) is 11.4. The molecule has 2 aliphatic rings. The predicted octanol–water partition coefficient (Wildman–Crippen LogP) is 6.22. The summed E-state index contributed by atoms with van der Waals surface area (Å²) in [6.45, 7) is 0. The Morgan fingerprint density at radius 3 is 2.41 bits per heavy atom. The van der Waals surface area contributed by atoms with E-state index in [1.807, 2.05) is 12.1 Å². The zero-order valence-electron chi connectivity index (χ0n) is 20.0. The number of alkyl halides is 3. The van der Waals surface area contributed by atoms with Crippen molar-refractivity contribution in [2.24, 2.45) is 0 Å². The van der Waals surface area contributed by atoms with Crippen LogP contribution in [0, 0.1) is 0 Å². The number of methoxy groups -OCH3 is 1. The molecule has 0 saturated carbocycles. The van der Waals surface area contributed by atoms with E-state index in [0.717, 1.165) is 48.3 Å². The molecule has 1 aliphatic heterocycles. The van der Waals surface area contributed by atoms with Crippen LogP contribution in [0.3, 0.4) is 0 Å². The molecule has 5 rings (SSSR count). The number of anilines is 1. The molecule has 0 bridgehead atoms. The number of aliphatic hydroxyl groups is 1. The predicted molar refractivity (Wildman–Crippen MR) is 132 cm³/mol. The second-order valence-electron chi connectivity index (χ2n) is 9.18. The number of benzene rings is 3. The quantitative estimate of drug-likeness (QED) is 0.259. The van der Waals surface area contributed by atoms with Gasteiger partial charge in [0.05, 0.1) is 24.3 Å². The van der Waals surface area contributed by atoms with Crippen LogP contribution in [0.25, 0.3) is 5.76 Å². The van der Waals surface area contributed by atoms with Crippen LogP contribution in [-0.2, 0) is 28.6 Å². The number of ketones is 1. The maximum absolute atomic E-state index is 13.5. The maximum Gasteiger partial charge on any atom is 0.416 e. The van der Waals surface area contributed by atoms with E-state index in [4.69, 9.17) is 4.74 Å². The minimum absolute atomic E-state index is 0.103. The minimum atomic E-state index is -4.64. The molecular weight excluding hydrogens is 483 g/mol. The maximum atomic E-state index is 13.5. The molecule has 0 spiro atoms. The second-order valence-corrected chi connectivity index (χ2v) is 9.18. The molecule has 1 saturated heterocycles. The lowest BCUT2D eigenvalue weighted by molar-refractivity contribution is -0.137. The summed E-state index contributed by atoms with van der Waals surface area (Å²) in [6.07, 6.45) is -0.774. The minimum Gasteiger partial charge on any atom is -0.507 e. The van der Waals surface area contributed by atoms with Crippen LogP contribution >= 0.6 is 0 Å². The van der Waals surface area contributed by atoms with Gasteiger partial charge in [0.2, 0.25) is 0 Å². The Balaban J connectivity index is 1.71. The van der Waals surface area contributed by atoms with Crippen molar-refractivity contribution in [3.8, 4) is 5.75 Å². The Labute approximate surface area is 211 Å². The van der Waals surface area contributed by atoms with Crippen molar-refractivity contribution in [2.45, 2.75) is 37.9 Å². The van der Waals surface area contributed by atoms with Crippen LogP contribution < -0.4 is 9.64 Å². The largest absolute Gasteiger partial charge is 0.507 e. The molecule has 3 aromatic rings. The van der Waals surface area contributed by atoms with Crippen molar-refractivity contribution in [3.63, 3.8) is 0 Å². The van der Waals surface area contributed by atoms with Crippen molar-refractivity contribution >= 4 is 23.1 Å². The molecule has 1 N–H and O–H groups in total. The molecule has 8 heteroatoms. The van der Waals surface area contributed by atoms with Gasteiger partial charge in [-0.2, -0.15) is 13.2 Å². The molecule has 1 atom stereocenters. The number of carbonyl (C=O) groups is 2. The Morgan fingerprint density at radius 1 is 0.946 bits per heavy atom. The summed E-state index contributed by atoms with van der Waals surface area (Å²) in [6, 6.07) is 15.1. The first-order valence-corrected chi connectivity index (χ1v) is 11.9. The number of Topliss-reactive ketones (excluding diaryl/α,β-unsaturated/α-hetero) is 1. The fourth-order valence-electron chi connectivity index (χ4n) is 5.09. The van der Waals surface area contributed by atoms with E-state index < -0.39 is 29.5 Å². The number of nitrogens with zero attached hydrogens (tertiary/aromatic N) is 1. The summed E-state index contributed by atoms with van der Waals surface area (Å²) in [7, 11) is 1.45. The van der Waals surface area contributed by atoms with Crippen molar-refractivity contribution in [1.29, 1.82) is 0 Å². The first-order valence-electron chi connectivity index (χ1n) is 11.9. The number of ether oxygens (including phenoxy) is 1. The Hall–Kier alpha value is -4.07. The zero-order chi connectivity index (χ0) is 26.3. The van der Waals surface area contributed by atoms with Gasteiger partial charge in [0.25, 0.3) is 11.7 Å². The Kier molecular flexibility index (Phi) is 6.27. The van der Waals surface area contributed by atoms with Crippen LogP contribution in [0.15, 0.2) is 72.3 Å². The number of amides is 1. The zero-order valence-corrected chi connectivity index (χ0v) is 20.0. The average molecular weight is 508 g/mol. The lowest BCUT2D eigenvalue weighted by atomic mass is 9.88. The molecule has 0 aromatic heterocycles. The van der Waals surface area contributed by atoms with Crippen molar-refractivity contribution in [2.75, 3.05) is 12.0 Å². The van der Waals surface area contributed by atoms with E-state index in [9.17, 15) is 27.9 Å². The number of fused-ring (bicyclic) bond motifs is 1. The molecule has 1 unspecified atom stereocenters. The summed E-state index contributed by atoms with van der Waals surface area (Å²) >= 11 is 0. The number of aliphatic hydroxyl groups excluding tert-OH is 1. The van der Waals surface area contributed by atoms with Gasteiger partial charge in [0.15, 0.2) is 0 Å². The van der Waals surface area contributed by atoms with E-state index in [0.29, 0.717) is 16.9 Å². The molecule has 1 aliphatic carbocycles. The summed E-state index contributed by atoms with van der Waals surface area (Å²) in [5.74, 6) is -1.93. The van der Waals surface area contributed by atoms with Gasteiger partial charge in [-0.25, -0.2) is 0 Å². The topological polar surface area (TPSA) is 66.8 Å². The molecule has 5 nitrogen and oxygen atoms in total. The highest BCUT2D eigenvalue weighted by Gasteiger charge is 2.47. The fraction of sp³-hybridized carbons (Fsp3) is 0.241. The third-order valence-corrected chi connectivity index (χ3v) is 6.93. The lowest BCUT2D eigenvalue weighted by Crippen LogP contribution is -2.29. The molecular formula is C29H24F3NO4. The smallest absolute Gasteiger partial charge is 0.416 e. The van der Waals surface area contributed by atoms with Gasteiger partial charge in [-0.3, -0.25) is 14.5 Å². The van der Waals surface area contributed by atoms with E-state index in [1.54, 1.807) is 30.3 Å². The van der Waals surface area contributed by atoms with Gasteiger partial charge in [-0.05, 0) is 78.8 Å². The van der Waals surface area contributed by atoms with Gasteiger partial charge in [0, 0.05) is 11.3 Å². The Bertz CT molecular complexity index is 1430. The summed E-state index contributed by atoms with van der Waals surface area (Å²) in [5.41, 5.74) is 1.80. The highest BCUT2D eigenvalue weighted by molar-refractivity contribution is 6.51. The third-order valence-electron chi connectivity index (χ3n) is 6.93. The fourth-order valence-corrected chi connectivity index (χ4v) is 5.09. The number of rotatable bonds is 4. The van der Waals surface area contributed by atoms with Gasteiger partial charge < -0.3 is 9.84 Å². The summed E-state index contributed by atoms with van der Waals surface area (Å²) < 4.78 is 45.7. The molecule has 1 heterocycles. The van der Waals surface area contributed by atoms with Crippen LogP contribution in [-0.4, -0.2) is 23.9 Å². The standard InChI is InChI=1S/C29H24F3NO4/c1-37-23-11-4-8-19(15-23)25-24(26(34)20-13-12-17-6-2-3-7-18(17)14-20)27(35)28(36)33(25)22-10-5-9-21(16-22)29(30,31)32/h4-5,8-16,25,34H,2-3,6-7H2,1H3/b26-24-. The van der Waals surface area contributed by atoms with Crippen LogP contribution in [0.2, 0.25) is 0 Å². The number of carbonyl (C=O) groups excluding carboxylic acids is 2. The normalized spacial score (nSPS) is 19.1. The first-order chi connectivity index (χ1) is 17.7. The van der Waals surface area contributed by atoms with Gasteiger partial charge >= 0.3 is 6.18 Å². The second kappa shape index (κ2) is 9.42. The third kappa shape index (κ3) is 4.48. The van der Waals surface area contributed by atoms with Crippen molar-refractivity contribution in [1.82, 2.24) is 0 Å². The SMILES string of the molecule is COc1cccc(C2/C(=C(/O)c3ccc4c(c3)CCCC4)C(=O)C(=O)N2c2cccc(C(F)(F)F)c2)c1. The van der Waals surface area contributed by atoms with E-state index in [1.165, 1.54) is 24.8 Å². The average Bonchev–Trinajstić information content (AvgIpc) is 3.17. The van der Waals surface area contributed by atoms with Crippen LogP contribution in [0.1, 0.15) is 46.7 Å². The number of aryl methyl sites for hydroxylation is 2. The highest BCUT2D eigenvalue weighted by atomic mass is 19.4. The van der Waals surface area contributed by atoms with E-state index >= 15 is 0 Å². The Morgan fingerprint density at radius 2 is 1.68 bits per heavy atom. The summed E-state index contributed by atoms with van der Waals surface area (Å²) in [4.78, 5) is 27.7. The molecule has 1 amide bonds. The van der Waals surface area contributed by atoms with E-state index in [2.05, 4.69) is 0 Å². The van der Waals surface area contributed by atoms with Crippen LogP contribution in [0.5, 0.6) is 5.75 Å². The van der Waals surface area contributed by atoms with Gasteiger partial charge in [-0.1, -0.05) is 30.3 Å². The molecule has 0 radical (unpaired) electrons. The lowest BCUT2D eigenvalue weighted by Gasteiger charge is -2.26. The molecule has 1 fully saturated rings. The number of hydrogen-bond donors (Lipinski definition) is 1. The molecule has 190 valence electrons. The van der Waals surface area contributed by atoms with Gasteiger partial charge in [0.1, 0.15) is 11.5 Å². The molecule has 37 heavy (non-hydrogen) atoms. The van der Waals surface area contributed by atoms with Crippen molar-refractivity contribution < 1.29 is 32.6 Å². The van der Waals surface area contributed by atoms with Crippen LogP contribution in [0.4, 0.5) is 18.9 Å². The number of halogens is 3. The first kappa shape index (κ1) is 24.6. The van der Waals surface area contributed by atoms with Gasteiger partial charge in [-0.15, -0.1) is 0 Å². The number of hydrogen-bond acceptors (Lipinski definition) is 4. The van der Waals surface area contributed by atoms with E-state index in [-0.39, 0.29) is 17.0 Å². The van der Waals surface area contributed by atoms with Crippen molar-refractivity contribution in [3.05, 3.63) is 100 Å².